The molecule has 4 heteroatoms. The first-order valence-electron chi connectivity index (χ1n) is 6.66. The van der Waals surface area contributed by atoms with Gasteiger partial charge in [0.05, 0.1) is 0 Å². The predicted octanol–water partition coefficient (Wildman–Crippen LogP) is 3.91. The van der Waals surface area contributed by atoms with E-state index in [9.17, 15) is 4.79 Å². The smallest absolute Gasteiger partial charge is 0.354 e. The highest BCUT2D eigenvalue weighted by molar-refractivity contribution is 5.85. The van der Waals surface area contributed by atoms with Crippen LogP contribution in [0, 0.1) is 0 Å². The summed E-state index contributed by atoms with van der Waals surface area (Å²) in [5.41, 5.74) is 1.24. The number of unbranched alkanes of at least 4 members (excludes halogenated alkanes) is 1. The number of hydrogen-bond donors (Lipinski definition) is 1. The van der Waals surface area contributed by atoms with Gasteiger partial charge in [-0.05, 0) is 36.6 Å². The van der Waals surface area contributed by atoms with Gasteiger partial charge in [-0.3, -0.25) is 0 Å². The maximum absolute atomic E-state index is 10.8. The highest BCUT2D eigenvalue weighted by Crippen LogP contribution is 2.20. The molecule has 1 aromatic heterocycles. The highest BCUT2D eigenvalue weighted by Gasteiger charge is 2.06. The van der Waals surface area contributed by atoms with Gasteiger partial charge in [0.25, 0.3) is 0 Å². The average Bonchev–Trinajstić information content (AvgIpc) is 2.47. The molecule has 2 aromatic rings. The van der Waals surface area contributed by atoms with Crippen molar-refractivity contribution in [3.05, 3.63) is 53.7 Å². The fourth-order valence-electron chi connectivity index (χ4n) is 1.82. The van der Waals surface area contributed by atoms with Crippen molar-refractivity contribution >= 4 is 5.97 Å². The Bertz CT molecular complexity index is 579. The standard InChI is InChI=1S/C16H17NO3/c1-2-3-5-12-8-10-13(11-9-12)20-15-7-4-6-14(17-15)16(18)19/h4,6-11H,2-3,5H2,1H3,(H,18,19). The fraction of sp³-hybridized carbons (Fsp3) is 0.250. The Labute approximate surface area is 118 Å². The first kappa shape index (κ1) is 14.1. The Balaban J connectivity index is 2.06. The summed E-state index contributed by atoms with van der Waals surface area (Å²) in [4.78, 5) is 14.8. The first-order chi connectivity index (χ1) is 9.69. The molecule has 0 amide bonds. The summed E-state index contributed by atoms with van der Waals surface area (Å²) in [6, 6.07) is 12.5. The SMILES string of the molecule is CCCCc1ccc(Oc2cccc(C(=O)O)n2)cc1. The van der Waals surface area contributed by atoms with Crippen molar-refractivity contribution in [1.29, 1.82) is 0 Å². The van der Waals surface area contributed by atoms with E-state index in [1.165, 1.54) is 24.5 Å². The number of carboxylic acid groups (broad SMARTS) is 1. The molecular weight excluding hydrogens is 254 g/mol. The van der Waals surface area contributed by atoms with Gasteiger partial charge in [-0.25, -0.2) is 9.78 Å². The van der Waals surface area contributed by atoms with Crippen LogP contribution in [0.3, 0.4) is 0 Å². The average molecular weight is 271 g/mol. The topological polar surface area (TPSA) is 59.4 Å². The number of rotatable bonds is 6. The van der Waals surface area contributed by atoms with Crippen molar-refractivity contribution in [3.63, 3.8) is 0 Å². The summed E-state index contributed by atoms with van der Waals surface area (Å²) in [5.74, 6) is -0.128. The lowest BCUT2D eigenvalue weighted by Gasteiger charge is -2.06. The van der Waals surface area contributed by atoms with Crippen molar-refractivity contribution in [2.24, 2.45) is 0 Å². The molecule has 0 saturated carbocycles. The van der Waals surface area contributed by atoms with Crippen molar-refractivity contribution in [2.75, 3.05) is 0 Å². The van der Waals surface area contributed by atoms with Crippen molar-refractivity contribution in [3.8, 4) is 11.6 Å². The molecule has 0 bridgehead atoms. The number of aryl methyl sites for hydroxylation is 1. The van der Waals surface area contributed by atoms with Crippen LogP contribution in [-0.2, 0) is 6.42 Å². The fourth-order valence-corrected chi connectivity index (χ4v) is 1.82. The maximum Gasteiger partial charge on any atom is 0.354 e. The Kier molecular flexibility index (Phi) is 4.71. The van der Waals surface area contributed by atoms with E-state index in [-0.39, 0.29) is 11.6 Å². The van der Waals surface area contributed by atoms with Gasteiger partial charge in [-0.15, -0.1) is 0 Å². The Morgan fingerprint density at radius 3 is 2.60 bits per heavy atom. The van der Waals surface area contributed by atoms with Crippen molar-refractivity contribution in [2.45, 2.75) is 26.2 Å². The van der Waals surface area contributed by atoms with Gasteiger partial charge in [-0.2, -0.15) is 0 Å². The molecule has 2 rings (SSSR count). The molecule has 1 heterocycles. The van der Waals surface area contributed by atoms with Crippen LogP contribution in [0.4, 0.5) is 0 Å². The van der Waals surface area contributed by atoms with Crippen LogP contribution in [0.25, 0.3) is 0 Å². The van der Waals surface area contributed by atoms with E-state index in [0.717, 1.165) is 6.42 Å². The Hall–Kier alpha value is -2.36. The lowest BCUT2D eigenvalue weighted by Crippen LogP contribution is -2.00. The van der Waals surface area contributed by atoms with Gasteiger partial charge in [-0.1, -0.05) is 31.5 Å². The van der Waals surface area contributed by atoms with Crippen molar-refractivity contribution < 1.29 is 14.6 Å². The van der Waals surface area contributed by atoms with Crippen LogP contribution in [0.5, 0.6) is 11.6 Å². The predicted molar refractivity (Wildman–Crippen MR) is 76.3 cm³/mol. The summed E-state index contributed by atoms with van der Waals surface area (Å²) in [5, 5.41) is 8.88. The molecule has 0 unspecified atom stereocenters. The van der Waals surface area contributed by atoms with E-state index in [2.05, 4.69) is 11.9 Å². The number of nitrogens with zero attached hydrogens (tertiary/aromatic N) is 1. The van der Waals surface area contributed by atoms with Gasteiger partial charge in [0.15, 0.2) is 5.69 Å². The van der Waals surface area contributed by atoms with E-state index in [4.69, 9.17) is 9.84 Å². The van der Waals surface area contributed by atoms with E-state index in [1.54, 1.807) is 12.1 Å². The molecule has 104 valence electrons. The van der Waals surface area contributed by atoms with Crippen molar-refractivity contribution in [1.82, 2.24) is 4.98 Å². The van der Waals surface area contributed by atoms with Crippen LogP contribution < -0.4 is 4.74 Å². The molecule has 1 N–H and O–H groups in total. The summed E-state index contributed by atoms with van der Waals surface area (Å²) < 4.78 is 5.55. The number of carboxylic acids is 1. The zero-order chi connectivity index (χ0) is 14.4. The molecule has 0 radical (unpaired) electrons. The van der Waals surface area contributed by atoms with Crippen LogP contribution in [0.2, 0.25) is 0 Å². The Morgan fingerprint density at radius 1 is 1.20 bits per heavy atom. The third-order valence-corrected chi connectivity index (χ3v) is 2.91. The van der Waals surface area contributed by atoms with Gasteiger partial charge < -0.3 is 9.84 Å². The quantitative estimate of drug-likeness (QED) is 0.865. The van der Waals surface area contributed by atoms with Crippen LogP contribution >= 0.6 is 0 Å². The third kappa shape index (κ3) is 3.82. The second-order valence-corrected chi connectivity index (χ2v) is 4.52. The molecule has 0 aliphatic heterocycles. The zero-order valence-electron chi connectivity index (χ0n) is 11.4. The molecule has 0 aliphatic carbocycles. The molecule has 1 aromatic carbocycles. The molecule has 0 atom stereocenters. The second kappa shape index (κ2) is 6.70. The number of aromatic nitrogens is 1. The molecule has 0 fully saturated rings. The monoisotopic (exact) mass is 271 g/mol. The molecule has 0 saturated heterocycles. The molecule has 4 nitrogen and oxygen atoms in total. The lowest BCUT2D eigenvalue weighted by molar-refractivity contribution is 0.0689. The number of pyridine rings is 1. The van der Waals surface area contributed by atoms with Gasteiger partial charge in [0.1, 0.15) is 5.75 Å². The van der Waals surface area contributed by atoms with E-state index >= 15 is 0 Å². The van der Waals surface area contributed by atoms with Gasteiger partial charge in [0, 0.05) is 6.07 Å². The number of ether oxygens (including phenoxy) is 1. The first-order valence-corrected chi connectivity index (χ1v) is 6.66. The molecular formula is C16H17NO3. The number of benzene rings is 1. The summed E-state index contributed by atoms with van der Waals surface area (Å²) in [6.45, 7) is 2.17. The van der Waals surface area contributed by atoms with Crippen LogP contribution in [0.1, 0.15) is 35.8 Å². The van der Waals surface area contributed by atoms with Gasteiger partial charge >= 0.3 is 5.97 Å². The number of carbonyl (C=O) groups is 1. The summed E-state index contributed by atoms with van der Waals surface area (Å²) in [7, 11) is 0. The van der Waals surface area contributed by atoms with Gasteiger partial charge in [0.2, 0.25) is 5.88 Å². The van der Waals surface area contributed by atoms with E-state index in [0.29, 0.717) is 5.75 Å². The number of hydrogen-bond acceptors (Lipinski definition) is 3. The lowest BCUT2D eigenvalue weighted by atomic mass is 10.1. The van der Waals surface area contributed by atoms with Crippen LogP contribution in [-0.4, -0.2) is 16.1 Å². The van der Waals surface area contributed by atoms with E-state index in [1.807, 2.05) is 24.3 Å². The molecule has 0 spiro atoms. The maximum atomic E-state index is 10.8. The third-order valence-electron chi connectivity index (χ3n) is 2.91. The highest BCUT2D eigenvalue weighted by atomic mass is 16.5. The minimum absolute atomic E-state index is 0.0259. The minimum atomic E-state index is -1.06. The van der Waals surface area contributed by atoms with Crippen LogP contribution in [0.15, 0.2) is 42.5 Å². The zero-order valence-corrected chi connectivity index (χ0v) is 11.4. The molecule has 20 heavy (non-hydrogen) atoms. The summed E-state index contributed by atoms with van der Waals surface area (Å²) in [6.07, 6.45) is 3.40. The summed E-state index contributed by atoms with van der Waals surface area (Å²) >= 11 is 0. The van der Waals surface area contributed by atoms with E-state index < -0.39 is 5.97 Å². The Morgan fingerprint density at radius 2 is 1.95 bits per heavy atom. The number of aromatic carboxylic acids is 1. The molecule has 0 aliphatic rings. The minimum Gasteiger partial charge on any atom is -0.477 e. The second-order valence-electron chi connectivity index (χ2n) is 4.52. The largest absolute Gasteiger partial charge is 0.477 e. The normalized spacial score (nSPS) is 10.2.